The van der Waals surface area contributed by atoms with Crippen molar-refractivity contribution in [3.63, 3.8) is 0 Å². The summed E-state index contributed by atoms with van der Waals surface area (Å²) in [6, 6.07) is 1.90. The van der Waals surface area contributed by atoms with Crippen molar-refractivity contribution < 1.29 is 0 Å². The first-order chi connectivity index (χ1) is 7.19. The predicted molar refractivity (Wildman–Crippen MR) is 62.2 cm³/mol. The molecular formula is C11H19N3O. The van der Waals surface area contributed by atoms with Crippen LogP contribution in [0.2, 0.25) is 0 Å². The van der Waals surface area contributed by atoms with Crippen molar-refractivity contribution in [1.29, 1.82) is 0 Å². The van der Waals surface area contributed by atoms with Gasteiger partial charge in [0.25, 0.3) is 5.56 Å². The molecule has 0 amide bonds. The Hall–Kier alpha value is -1.32. The number of nitrogens with zero attached hydrogens (tertiary/aromatic N) is 1. The third-order valence-corrected chi connectivity index (χ3v) is 2.46. The van der Waals surface area contributed by atoms with Gasteiger partial charge in [-0.3, -0.25) is 4.79 Å². The molecule has 0 aliphatic rings. The highest BCUT2D eigenvalue weighted by atomic mass is 16.1. The van der Waals surface area contributed by atoms with E-state index in [0.29, 0.717) is 11.9 Å². The number of aryl methyl sites for hydroxylation is 1. The lowest BCUT2D eigenvalue weighted by Crippen LogP contribution is -2.21. The van der Waals surface area contributed by atoms with Gasteiger partial charge in [-0.15, -0.1) is 0 Å². The molecule has 1 rings (SSSR count). The van der Waals surface area contributed by atoms with Crippen LogP contribution < -0.4 is 10.9 Å². The van der Waals surface area contributed by atoms with E-state index in [1.165, 1.54) is 6.07 Å². The number of anilines is 1. The van der Waals surface area contributed by atoms with Crippen LogP contribution in [0, 0.1) is 0 Å². The Bertz CT molecular complexity index is 355. The highest BCUT2D eigenvalue weighted by Crippen LogP contribution is 2.06. The molecule has 1 aromatic rings. The average molecular weight is 209 g/mol. The average Bonchev–Trinajstić information content (AvgIpc) is 2.25. The van der Waals surface area contributed by atoms with E-state index < -0.39 is 0 Å². The van der Waals surface area contributed by atoms with Crippen molar-refractivity contribution >= 4 is 5.82 Å². The van der Waals surface area contributed by atoms with E-state index in [1.54, 1.807) is 0 Å². The second kappa shape index (κ2) is 5.53. The number of aromatic nitrogens is 2. The van der Waals surface area contributed by atoms with Gasteiger partial charge in [0, 0.05) is 18.5 Å². The Kier molecular flexibility index (Phi) is 4.34. The first-order valence-corrected chi connectivity index (χ1v) is 5.56. The SMILES string of the molecule is CCc1nc(NC(CC)CC)cc(=O)[nH]1. The van der Waals surface area contributed by atoms with Crippen LogP contribution in [0.5, 0.6) is 0 Å². The van der Waals surface area contributed by atoms with Crippen molar-refractivity contribution in [3.05, 3.63) is 22.2 Å². The van der Waals surface area contributed by atoms with Gasteiger partial charge in [0.1, 0.15) is 11.6 Å². The number of hydrogen-bond donors (Lipinski definition) is 2. The van der Waals surface area contributed by atoms with Crippen LogP contribution in [0.4, 0.5) is 5.82 Å². The van der Waals surface area contributed by atoms with Crippen LogP contribution in [-0.4, -0.2) is 16.0 Å². The van der Waals surface area contributed by atoms with E-state index >= 15 is 0 Å². The summed E-state index contributed by atoms with van der Waals surface area (Å²) in [4.78, 5) is 18.3. The van der Waals surface area contributed by atoms with E-state index in [-0.39, 0.29) is 5.56 Å². The van der Waals surface area contributed by atoms with Crippen molar-refractivity contribution in [3.8, 4) is 0 Å². The van der Waals surface area contributed by atoms with Gasteiger partial charge < -0.3 is 10.3 Å². The highest BCUT2D eigenvalue weighted by molar-refractivity contribution is 5.34. The highest BCUT2D eigenvalue weighted by Gasteiger charge is 2.05. The number of rotatable bonds is 5. The summed E-state index contributed by atoms with van der Waals surface area (Å²) in [5, 5.41) is 3.26. The maximum Gasteiger partial charge on any atom is 0.252 e. The van der Waals surface area contributed by atoms with E-state index in [0.717, 1.165) is 25.1 Å². The van der Waals surface area contributed by atoms with Crippen molar-refractivity contribution in [1.82, 2.24) is 9.97 Å². The fourth-order valence-corrected chi connectivity index (χ4v) is 1.45. The number of hydrogen-bond acceptors (Lipinski definition) is 3. The third-order valence-electron chi connectivity index (χ3n) is 2.46. The van der Waals surface area contributed by atoms with Gasteiger partial charge in [-0.2, -0.15) is 0 Å². The van der Waals surface area contributed by atoms with Crippen molar-refractivity contribution in [2.75, 3.05) is 5.32 Å². The molecule has 0 atom stereocenters. The molecule has 1 heterocycles. The molecule has 0 saturated carbocycles. The number of H-pyrrole nitrogens is 1. The molecule has 0 spiro atoms. The second-order valence-electron chi connectivity index (χ2n) is 3.59. The van der Waals surface area contributed by atoms with Crippen LogP contribution in [-0.2, 0) is 6.42 Å². The Labute approximate surface area is 90.1 Å². The minimum atomic E-state index is -0.0877. The molecule has 0 aliphatic carbocycles. The molecular weight excluding hydrogens is 190 g/mol. The molecule has 0 aromatic carbocycles. The summed E-state index contributed by atoms with van der Waals surface area (Å²) in [6.07, 6.45) is 2.81. The van der Waals surface area contributed by atoms with Crippen molar-refractivity contribution in [2.45, 2.75) is 46.1 Å². The number of nitrogens with one attached hydrogen (secondary N) is 2. The van der Waals surface area contributed by atoms with Gasteiger partial charge in [0.15, 0.2) is 0 Å². The molecule has 4 heteroatoms. The Morgan fingerprint density at radius 2 is 2.07 bits per heavy atom. The van der Waals surface area contributed by atoms with Gasteiger partial charge in [0.05, 0.1) is 0 Å². The molecule has 1 aromatic heterocycles. The Morgan fingerprint density at radius 3 is 2.60 bits per heavy atom. The zero-order chi connectivity index (χ0) is 11.3. The van der Waals surface area contributed by atoms with Crippen molar-refractivity contribution in [2.24, 2.45) is 0 Å². The summed E-state index contributed by atoms with van der Waals surface area (Å²) >= 11 is 0. The summed E-state index contributed by atoms with van der Waals surface area (Å²) in [7, 11) is 0. The maximum atomic E-state index is 11.3. The molecule has 0 bridgehead atoms. The van der Waals surface area contributed by atoms with E-state index in [2.05, 4.69) is 29.1 Å². The first-order valence-electron chi connectivity index (χ1n) is 5.56. The molecule has 0 aliphatic heterocycles. The zero-order valence-electron chi connectivity index (χ0n) is 9.63. The lowest BCUT2D eigenvalue weighted by Gasteiger charge is -2.15. The normalized spacial score (nSPS) is 10.7. The Morgan fingerprint density at radius 1 is 1.40 bits per heavy atom. The predicted octanol–water partition coefficient (Wildman–Crippen LogP) is 1.93. The molecule has 0 fully saturated rings. The summed E-state index contributed by atoms with van der Waals surface area (Å²) in [6.45, 7) is 6.21. The molecule has 84 valence electrons. The fraction of sp³-hybridized carbons (Fsp3) is 0.636. The smallest absolute Gasteiger partial charge is 0.252 e. The monoisotopic (exact) mass is 209 g/mol. The summed E-state index contributed by atoms with van der Waals surface area (Å²) in [5.41, 5.74) is -0.0877. The third kappa shape index (κ3) is 3.38. The van der Waals surface area contributed by atoms with Crippen LogP contribution in [0.25, 0.3) is 0 Å². The van der Waals surface area contributed by atoms with E-state index in [4.69, 9.17) is 0 Å². The molecule has 0 saturated heterocycles. The Balaban J connectivity index is 2.84. The zero-order valence-corrected chi connectivity index (χ0v) is 9.63. The summed E-state index contributed by atoms with van der Waals surface area (Å²) in [5.74, 6) is 1.42. The minimum absolute atomic E-state index is 0.0877. The lowest BCUT2D eigenvalue weighted by molar-refractivity contribution is 0.666. The van der Waals surface area contributed by atoms with Crippen LogP contribution in [0.15, 0.2) is 10.9 Å². The molecule has 4 nitrogen and oxygen atoms in total. The van der Waals surface area contributed by atoms with Gasteiger partial charge >= 0.3 is 0 Å². The fourth-order valence-electron chi connectivity index (χ4n) is 1.45. The topological polar surface area (TPSA) is 57.8 Å². The van der Waals surface area contributed by atoms with Crippen LogP contribution in [0.1, 0.15) is 39.4 Å². The largest absolute Gasteiger partial charge is 0.367 e. The summed E-state index contributed by atoms with van der Waals surface area (Å²) < 4.78 is 0. The second-order valence-corrected chi connectivity index (χ2v) is 3.59. The van der Waals surface area contributed by atoms with E-state index in [9.17, 15) is 4.79 Å². The first kappa shape index (κ1) is 11.8. The molecule has 0 unspecified atom stereocenters. The number of aromatic amines is 1. The van der Waals surface area contributed by atoms with Crippen LogP contribution in [0.3, 0.4) is 0 Å². The van der Waals surface area contributed by atoms with Gasteiger partial charge in [-0.1, -0.05) is 20.8 Å². The van der Waals surface area contributed by atoms with Crippen LogP contribution >= 0.6 is 0 Å². The minimum Gasteiger partial charge on any atom is -0.367 e. The molecule has 0 radical (unpaired) electrons. The molecule has 15 heavy (non-hydrogen) atoms. The van der Waals surface area contributed by atoms with Gasteiger partial charge in [-0.25, -0.2) is 4.98 Å². The van der Waals surface area contributed by atoms with Gasteiger partial charge in [0.2, 0.25) is 0 Å². The molecule has 2 N–H and O–H groups in total. The van der Waals surface area contributed by atoms with E-state index in [1.807, 2.05) is 6.92 Å². The van der Waals surface area contributed by atoms with Gasteiger partial charge in [-0.05, 0) is 12.8 Å². The maximum absolute atomic E-state index is 11.3. The lowest BCUT2D eigenvalue weighted by atomic mass is 10.2. The standard InChI is InChI=1S/C11H19N3O/c1-4-8(5-2)12-10-7-11(15)14-9(6-3)13-10/h7-8H,4-6H2,1-3H3,(H2,12,13,14,15). The quantitative estimate of drug-likeness (QED) is 0.779.